The molecule has 5 rings (SSSR count). The predicted octanol–water partition coefficient (Wildman–Crippen LogP) is 3.14. The van der Waals surface area contributed by atoms with Crippen LogP contribution in [-0.2, 0) is 20.1 Å². The van der Waals surface area contributed by atoms with Gasteiger partial charge in [0.05, 0.1) is 11.9 Å². The van der Waals surface area contributed by atoms with Crippen molar-refractivity contribution in [1.29, 1.82) is 0 Å². The number of nitrogens with one attached hydrogen (secondary N) is 1. The molecule has 1 aliphatic heterocycles. The number of aromatic nitrogens is 6. The third-order valence-electron chi connectivity index (χ3n) is 5.54. The molecule has 1 N–H and O–H groups in total. The van der Waals surface area contributed by atoms with Gasteiger partial charge in [-0.05, 0) is 30.7 Å². The summed E-state index contributed by atoms with van der Waals surface area (Å²) < 4.78 is 30.3. The van der Waals surface area contributed by atoms with Crippen LogP contribution in [0, 0.1) is 11.6 Å². The Labute approximate surface area is 187 Å². The van der Waals surface area contributed by atoms with E-state index in [0.717, 1.165) is 18.0 Å². The van der Waals surface area contributed by atoms with Crippen molar-refractivity contribution in [3.05, 3.63) is 71.9 Å². The number of imidazole rings is 1. The van der Waals surface area contributed by atoms with E-state index in [1.165, 1.54) is 6.07 Å². The normalized spacial score (nSPS) is 15.6. The van der Waals surface area contributed by atoms with Gasteiger partial charge >= 0.3 is 0 Å². The fourth-order valence-electron chi connectivity index (χ4n) is 3.80. The van der Waals surface area contributed by atoms with Crippen molar-refractivity contribution in [2.24, 2.45) is 7.05 Å². The molecule has 4 heterocycles. The molecule has 1 aromatic carbocycles. The highest BCUT2D eigenvalue weighted by molar-refractivity contribution is 5.92. The molecule has 0 bridgehead atoms. The molecule has 9 nitrogen and oxygen atoms in total. The van der Waals surface area contributed by atoms with Crippen molar-refractivity contribution >= 4 is 17.7 Å². The van der Waals surface area contributed by atoms with Gasteiger partial charge in [-0.15, -0.1) is 0 Å². The molecule has 0 spiro atoms. The lowest BCUT2D eigenvalue weighted by Crippen LogP contribution is -2.46. The number of rotatable bonds is 5. The van der Waals surface area contributed by atoms with Crippen LogP contribution in [0.25, 0.3) is 11.4 Å². The second kappa shape index (κ2) is 8.08. The third kappa shape index (κ3) is 3.93. The predicted molar refractivity (Wildman–Crippen MR) is 115 cm³/mol. The molecule has 3 aromatic heterocycles. The van der Waals surface area contributed by atoms with Crippen molar-refractivity contribution in [3.63, 3.8) is 0 Å². The number of anilines is 2. The van der Waals surface area contributed by atoms with E-state index in [-0.39, 0.29) is 24.3 Å². The van der Waals surface area contributed by atoms with E-state index in [0.29, 0.717) is 29.4 Å². The molecule has 0 saturated heterocycles. The first-order valence-corrected chi connectivity index (χ1v) is 10.3. The summed E-state index contributed by atoms with van der Waals surface area (Å²) in [6.45, 7) is 2.58. The molecule has 1 amide bonds. The average molecular weight is 450 g/mol. The van der Waals surface area contributed by atoms with E-state index in [2.05, 4.69) is 25.4 Å². The van der Waals surface area contributed by atoms with Crippen LogP contribution in [0.3, 0.4) is 0 Å². The lowest BCUT2D eigenvalue weighted by Gasteiger charge is -2.33. The van der Waals surface area contributed by atoms with Gasteiger partial charge in [0.25, 0.3) is 5.91 Å². The zero-order valence-electron chi connectivity index (χ0n) is 17.9. The van der Waals surface area contributed by atoms with Crippen molar-refractivity contribution in [2.75, 3.05) is 5.32 Å². The number of halogens is 2. The van der Waals surface area contributed by atoms with Crippen molar-refractivity contribution in [2.45, 2.75) is 26.1 Å². The van der Waals surface area contributed by atoms with Crippen LogP contribution >= 0.6 is 0 Å². The van der Waals surface area contributed by atoms with Crippen molar-refractivity contribution in [1.82, 2.24) is 34.2 Å². The lowest BCUT2D eigenvalue weighted by atomic mass is 10.1. The zero-order chi connectivity index (χ0) is 23.1. The van der Waals surface area contributed by atoms with E-state index in [1.54, 1.807) is 51.9 Å². The summed E-state index contributed by atoms with van der Waals surface area (Å²) in [5, 5.41) is 7.19. The van der Waals surface area contributed by atoms with Crippen molar-refractivity contribution in [3.8, 4) is 11.4 Å². The van der Waals surface area contributed by atoms with Gasteiger partial charge in [0.1, 0.15) is 11.5 Å². The zero-order valence-corrected chi connectivity index (χ0v) is 17.9. The fraction of sp³-hybridized carbons (Fsp3) is 0.227. The molecule has 1 atom stereocenters. The molecule has 0 radical (unpaired) electrons. The summed E-state index contributed by atoms with van der Waals surface area (Å²) >= 11 is 0. The van der Waals surface area contributed by atoms with Crippen molar-refractivity contribution < 1.29 is 13.6 Å². The Bertz CT molecular complexity index is 1350. The van der Waals surface area contributed by atoms with Gasteiger partial charge in [-0.3, -0.25) is 9.48 Å². The molecule has 4 aromatic rings. The Morgan fingerprint density at radius 1 is 1.09 bits per heavy atom. The number of aryl methyl sites for hydroxylation is 1. The second-order valence-corrected chi connectivity index (χ2v) is 7.86. The van der Waals surface area contributed by atoms with Gasteiger partial charge < -0.3 is 14.8 Å². The highest BCUT2D eigenvalue weighted by atomic mass is 19.2. The molecule has 1 aliphatic rings. The Kier molecular flexibility index (Phi) is 5.08. The van der Waals surface area contributed by atoms with E-state index in [1.807, 2.05) is 6.92 Å². The van der Waals surface area contributed by atoms with Crippen LogP contribution in [-0.4, -0.2) is 46.1 Å². The standard InChI is InChI=1S/C22H20F2N8O/c1-13-10-31-12-18(17-5-7-25-22(28-17)29-19-6-8-26-30(19)2)27-20(31)21(33)32(13)11-14-3-4-15(23)16(24)9-14/h3-9,12-13H,10-11H2,1-2H3,(H,25,28,29). The van der Waals surface area contributed by atoms with Gasteiger partial charge in [-0.1, -0.05) is 6.07 Å². The molecule has 0 aliphatic carbocycles. The van der Waals surface area contributed by atoms with Gasteiger partial charge in [-0.2, -0.15) is 5.10 Å². The monoisotopic (exact) mass is 450 g/mol. The number of carbonyl (C=O) groups excluding carboxylic acids is 1. The molecule has 33 heavy (non-hydrogen) atoms. The fourth-order valence-corrected chi connectivity index (χ4v) is 3.80. The van der Waals surface area contributed by atoms with Crippen LogP contribution in [0.2, 0.25) is 0 Å². The Morgan fingerprint density at radius 3 is 2.70 bits per heavy atom. The highest BCUT2D eigenvalue weighted by Crippen LogP contribution is 2.25. The first-order chi connectivity index (χ1) is 15.9. The van der Waals surface area contributed by atoms with Gasteiger partial charge in [0, 0.05) is 44.6 Å². The molecule has 168 valence electrons. The van der Waals surface area contributed by atoms with Gasteiger partial charge in [-0.25, -0.2) is 23.7 Å². The molecule has 11 heteroatoms. The van der Waals surface area contributed by atoms with Crippen LogP contribution in [0.15, 0.2) is 48.9 Å². The van der Waals surface area contributed by atoms with E-state index >= 15 is 0 Å². The maximum Gasteiger partial charge on any atom is 0.290 e. The minimum absolute atomic E-state index is 0.158. The minimum atomic E-state index is -0.937. The summed E-state index contributed by atoms with van der Waals surface area (Å²) in [5.41, 5.74) is 1.61. The number of hydrogen-bond donors (Lipinski definition) is 1. The number of fused-ring (bicyclic) bond motifs is 1. The topological polar surface area (TPSA) is 93.8 Å². The first-order valence-electron chi connectivity index (χ1n) is 10.3. The molecular weight excluding hydrogens is 430 g/mol. The average Bonchev–Trinajstić information content (AvgIpc) is 3.40. The number of carbonyl (C=O) groups is 1. The van der Waals surface area contributed by atoms with E-state index in [9.17, 15) is 13.6 Å². The number of nitrogens with zero attached hydrogens (tertiary/aromatic N) is 7. The van der Waals surface area contributed by atoms with E-state index < -0.39 is 11.6 Å². The quantitative estimate of drug-likeness (QED) is 0.502. The largest absolute Gasteiger partial charge is 0.327 e. The number of benzene rings is 1. The number of amides is 1. The minimum Gasteiger partial charge on any atom is -0.327 e. The lowest BCUT2D eigenvalue weighted by molar-refractivity contribution is 0.0587. The highest BCUT2D eigenvalue weighted by Gasteiger charge is 2.32. The van der Waals surface area contributed by atoms with Gasteiger partial charge in [0.2, 0.25) is 5.95 Å². The summed E-state index contributed by atoms with van der Waals surface area (Å²) in [7, 11) is 1.80. The second-order valence-electron chi connectivity index (χ2n) is 7.86. The molecular formula is C22H20F2N8O. The van der Waals surface area contributed by atoms with E-state index in [4.69, 9.17) is 0 Å². The van der Waals surface area contributed by atoms with Crippen LogP contribution < -0.4 is 5.32 Å². The smallest absolute Gasteiger partial charge is 0.290 e. The Morgan fingerprint density at radius 2 is 1.94 bits per heavy atom. The summed E-state index contributed by atoms with van der Waals surface area (Å²) in [6.07, 6.45) is 5.06. The Hall–Kier alpha value is -4.15. The van der Waals surface area contributed by atoms with Gasteiger partial charge in [0.15, 0.2) is 17.5 Å². The van der Waals surface area contributed by atoms with Crippen LogP contribution in [0.1, 0.15) is 23.1 Å². The number of hydrogen-bond acceptors (Lipinski definition) is 6. The summed E-state index contributed by atoms with van der Waals surface area (Å²) in [5.74, 6) is -0.765. The third-order valence-corrected chi connectivity index (χ3v) is 5.54. The summed E-state index contributed by atoms with van der Waals surface area (Å²) in [6, 6.07) is 7.01. The summed E-state index contributed by atoms with van der Waals surface area (Å²) in [4.78, 5) is 28.0. The Balaban J connectivity index is 1.40. The molecule has 0 fully saturated rings. The SMILES string of the molecule is CC1Cn2cc(-c3ccnc(Nc4ccnn4C)n3)nc2C(=O)N1Cc1ccc(F)c(F)c1. The maximum absolute atomic E-state index is 13.6. The van der Waals surface area contributed by atoms with Crippen LogP contribution in [0.5, 0.6) is 0 Å². The first kappa shape index (κ1) is 20.7. The van der Waals surface area contributed by atoms with Crippen LogP contribution in [0.4, 0.5) is 20.5 Å². The molecule has 0 saturated carbocycles. The molecule has 1 unspecified atom stereocenters. The maximum atomic E-state index is 13.6.